The van der Waals surface area contributed by atoms with Crippen LogP contribution in [0.4, 0.5) is 0 Å². The Morgan fingerprint density at radius 1 is 1.53 bits per heavy atom. The zero-order valence-corrected chi connectivity index (χ0v) is 10.6. The minimum Gasteiger partial charge on any atom is -0.392 e. The predicted molar refractivity (Wildman–Crippen MR) is 64.8 cm³/mol. The molecule has 0 aromatic carbocycles. The summed E-state index contributed by atoms with van der Waals surface area (Å²) in [5.74, 6) is -0.0576. The molecule has 0 aromatic heterocycles. The Morgan fingerprint density at radius 3 is 2.88 bits per heavy atom. The Labute approximate surface area is 102 Å². The van der Waals surface area contributed by atoms with Gasteiger partial charge in [-0.2, -0.15) is 0 Å². The van der Waals surface area contributed by atoms with Crippen LogP contribution in [0, 0.1) is 0 Å². The lowest BCUT2D eigenvalue weighted by atomic mass is 10.2. The van der Waals surface area contributed by atoms with Gasteiger partial charge in [0.25, 0.3) is 0 Å². The van der Waals surface area contributed by atoms with E-state index in [1.807, 2.05) is 19.0 Å². The molecule has 1 saturated heterocycles. The number of ether oxygens (including phenoxy) is 1. The molecule has 0 radical (unpaired) electrons. The molecular weight excluding hydrogens is 222 g/mol. The van der Waals surface area contributed by atoms with Crippen LogP contribution in [0.15, 0.2) is 0 Å². The van der Waals surface area contributed by atoms with Gasteiger partial charge in [0, 0.05) is 19.6 Å². The first-order valence-electron chi connectivity index (χ1n) is 6.01. The summed E-state index contributed by atoms with van der Waals surface area (Å²) in [6.07, 6.45) is 0.0925. The van der Waals surface area contributed by atoms with Gasteiger partial charge in [-0.3, -0.25) is 4.79 Å². The van der Waals surface area contributed by atoms with Crippen molar-refractivity contribution in [2.24, 2.45) is 0 Å². The molecule has 0 aliphatic carbocycles. The molecule has 0 saturated carbocycles. The van der Waals surface area contributed by atoms with Crippen LogP contribution in [0.25, 0.3) is 0 Å². The van der Waals surface area contributed by atoms with E-state index in [1.165, 1.54) is 0 Å². The van der Waals surface area contributed by atoms with Crippen LogP contribution in [-0.4, -0.2) is 75.0 Å². The van der Waals surface area contributed by atoms with E-state index in [4.69, 9.17) is 4.74 Å². The summed E-state index contributed by atoms with van der Waals surface area (Å²) in [5, 5.41) is 15.0. The van der Waals surface area contributed by atoms with Gasteiger partial charge in [0.2, 0.25) is 5.91 Å². The summed E-state index contributed by atoms with van der Waals surface area (Å²) in [7, 11) is 3.98. The third-order valence-electron chi connectivity index (χ3n) is 2.65. The van der Waals surface area contributed by atoms with E-state index >= 15 is 0 Å². The monoisotopic (exact) mass is 245 g/mol. The number of likely N-dealkylation sites (N-methyl/N-ethyl adjacent to an activating group) is 1. The fraction of sp³-hybridized carbons (Fsp3) is 0.909. The maximum absolute atomic E-state index is 11.6. The number of β-amino-alcohol motifs (C(OH)–C–C–N with tert-alkyl or cyclic N) is 1. The van der Waals surface area contributed by atoms with Crippen molar-refractivity contribution in [3.63, 3.8) is 0 Å². The number of carbonyl (C=O) groups is 1. The first kappa shape index (κ1) is 14.4. The van der Waals surface area contributed by atoms with Gasteiger partial charge in [-0.15, -0.1) is 0 Å². The molecule has 0 aromatic rings. The zero-order valence-electron chi connectivity index (χ0n) is 10.6. The number of nitrogens with zero attached hydrogens (tertiary/aromatic N) is 1. The molecule has 0 spiro atoms. The molecule has 1 aliphatic rings. The Bertz CT molecular complexity index is 236. The number of nitrogens with one attached hydrogen (secondary N) is 2. The highest BCUT2D eigenvalue weighted by Gasteiger charge is 2.27. The molecule has 2 atom stereocenters. The first-order chi connectivity index (χ1) is 8.09. The maximum atomic E-state index is 11.6. The third-order valence-corrected chi connectivity index (χ3v) is 2.65. The van der Waals surface area contributed by atoms with E-state index in [9.17, 15) is 9.90 Å². The third kappa shape index (κ3) is 5.97. The predicted octanol–water partition coefficient (Wildman–Crippen LogP) is -1.60. The number of carbonyl (C=O) groups excluding carboxylic acids is 1. The van der Waals surface area contributed by atoms with E-state index < -0.39 is 6.10 Å². The second-order valence-electron chi connectivity index (χ2n) is 4.56. The lowest BCUT2D eigenvalue weighted by Gasteiger charge is -2.12. The van der Waals surface area contributed by atoms with Crippen LogP contribution in [0.3, 0.4) is 0 Å². The van der Waals surface area contributed by atoms with Crippen LogP contribution in [0.2, 0.25) is 0 Å². The topological polar surface area (TPSA) is 73.8 Å². The number of hydrogen-bond acceptors (Lipinski definition) is 5. The van der Waals surface area contributed by atoms with Crippen LogP contribution in [-0.2, 0) is 9.53 Å². The van der Waals surface area contributed by atoms with E-state index in [0.29, 0.717) is 32.7 Å². The van der Waals surface area contributed by atoms with Crippen LogP contribution in [0.5, 0.6) is 0 Å². The van der Waals surface area contributed by atoms with E-state index in [2.05, 4.69) is 10.6 Å². The smallest absolute Gasteiger partial charge is 0.237 e. The number of aliphatic hydroxyl groups excluding tert-OH is 1. The fourth-order valence-electron chi connectivity index (χ4n) is 1.64. The summed E-state index contributed by atoms with van der Waals surface area (Å²) in [6, 6.07) is -0.258. The van der Waals surface area contributed by atoms with Crippen molar-refractivity contribution < 1.29 is 14.6 Å². The first-order valence-corrected chi connectivity index (χ1v) is 6.01. The molecule has 1 aliphatic heterocycles. The van der Waals surface area contributed by atoms with Gasteiger partial charge in [0.1, 0.15) is 0 Å². The summed E-state index contributed by atoms with van der Waals surface area (Å²) in [5.41, 5.74) is 0. The highest BCUT2D eigenvalue weighted by atomic mass is 16.5. The molecule has 1 fully saturated rings. The van der Waals surface area contributed by atoms with Gasteiger partial charge < -0.3 is 25.4 Å². The van der Waals surface area contributed by atoms with Crippen molar-refractivity contribution in [1.82, 2.24) is 15.5 Å². The summed E-state index contributed by atoms with van der Waals surface area (Å²) < 4.78 is 5.35. The Morgan fingerprint density at radius 2 is 2.29 bits per heavy atom. The summed E-state index contributed by atoms with van der Waals surface area (Å²) >= 11 is 0. The molecule has 100 valence electrons. The second kappa shape index (κ2) is 7.60. The number of amides is 1. The molecule has 1 heterocycles. The molecular formula is C11H23N3O3. The molecule has 6 nitrogen and oxygen atoms in total. The van der Waals surface area contributed by atoms with Gasteiger partial charge in [0.05, 0.1) is 25.4 Å². The Balaban J connectivity index is 1.97. The van der Waals surface area contributed by atoms with Crippen molar-refractivity contribution in [3.8, 4) is 0 Å². The minimum absolute atomic E-state index is 0.0576. The highest BCUT2D eigenvalue weighted by molar-refractivity contribution is 5.82. The van der Waals surface area contributed by atoms with Gasteiger partial charge in [0.15, 0.2) is 0 Å². The van der Waals surface area contributed by atoms with Gasteiger partial charge in [-0.05, 0) is 20.5 Å². The quantitative estimate of drug-likeness (QED) is 0.471. The fourth-order valence-corrected chi connectivity index (χ4v) is 1.64. The molecule has 1 rings (SSSR count). The lowest BCUT2D eigenvalue weighted by molar-refractivity contribution is -0.123. The van der Waals surface area contributed by atoms with Crippen molar-refractivity contribution in [2.75, 3.05) is 46.9 Å². The van der Waals surface area contributed by atoms with Crippen molar-refractivity contribution in [3.05, 3.63) is 0 Å². The van der Waals surface area contributed by atoms with Gasteiger partial charge >= 0.3 is 0 Å². The van der Waals surface area contributed by atoms with Gasteiger partial charge in [-0.1, -0.05) is 0 Å². The van der Waals surface area contributed by atoms with Crippen molar-refractivity contribution >= 4 is 5.91 Å². The highest BCUT2D eigenvalue weighted by Crippen LogP contribution is 2.05. The zero-order chi connectivity index (χ0) is 12.7. The Hall–Kier alpha value is -0.690. The van der Waals surface area contributed by atoms with Crippen LogP contribution >= 0.6 is 0 Å². The molecule has 6 heteroatoms. The van der Waals surface area contributed by atoms with Gasteiger partial charge in [-0.25, -0.2) is 0 Å². The number of aliphatic hydroxyl groups is 1. The standard InChI is InChI=1S/C11H23N3O3/c1-14(2)4-6-17-5-3-12-11(16)10-7-9(15)8-13-10/h9-10,13,15H,3-8H2,1-2H3,(H,12,16). The average Bonchev–Trinajstić information content (AvgIpc) is 2.69. The van der Waals surface area contributed by atoms with E-state index in [0.717, 1.165) is 6.54 Å². The molecule has 1 amide bonds. The molecule has 0 bridgehead atoms. The number of rotatable bonds is 7. The maximum Gasteiger partial charge on any atom is 0.237 e. The largest absolute Gasteiger partial charge is 0.392 e. The summed E-state index contributed by atoms with van der Waals surface area (Å²) in [4.78, 5) is 13.6. The van der Waals surface area contributed by atoms with Crippen molar-refractivity contribution in [2.45, 2.75) is 18.6 Å². The number of hydrogen-bond donors (Lipinski definition) is 3. The molecule has 3 N–H and O–H groups in total. The van der Waals surface area contributed by atoms with E-state index in [-0.39, 0.29) is 11.9 Å². The summed E-state index contributed by atoms with van der Waals surface area (Å²) in [6.45, 7) is 3.08. The normalized spacial score (nSPS) is 24.2. The molecule has 17 heavy (non-hydrogen) atoms. The van der Waals surface area contributed by atoms with Crippen LogP contribution in [0.1, 0.15) is 6.42 Å². The van der Waals surface area contributed by atoms with Crippen molar-refractivity contribution in [1.29, 1.82) is 0 Å². The van der Waals surface area contributed by atoms with Crippen LogP contribution < -0.4 is 10.6 Å². The van der Waals surface area contributed by atoms with E-state index in [1.54, 1.807) is 0 Å². The average molecular weight is 245 g/mol. The lowest BCUT2D eigenvalue weighted by Crippen LogP contribution is -2.41. The minimum atomic E-state index is -0.401. The Kier molecular flexibility index (Phi) is 6.43. The second-order valence-corrected chi connectivity index (χ2v) is 4.56. The SMILES string of the molecule is CN(C)CCOCCNC(=O)C1CC(O)CN1. The molecule has 2 unspecified atom stereocenters.